The Morgan fingerprint density at radius 1 is 1.04 bits per heavy atom. The fraction of sp³-hybridized carbons (Fsp3) is 0.364. The molecule has 0 aromatic heterocycles. The van der Waals surface area contributed by atoms with Crippen LogP contribution in [0.25, 0.3) is 0 Å². The standard InChI is InChI=1S/C22H26N2O4/c1-16-12-17(2)14-19(13-16)27-10-11-28-20-5-4-18(15-21(20)26-3)7-9-24-22(25)6-8-23/h4-5,12-15H,6-7,9-11H2,1-3H3,(H,24,25). The molecule has 148 valence electrons. The van der Waals surface area contributed by atoms with Crippen LogP contribution in [0.2, 0.25) is 0 Å². The average molecular weight is 382 g/mol. The second kappa shape index (κ2) is 10.8. The van der Waals surface area contributed by atoms with E-state index >= 15 is 0 Å². The second-order valence-electron chi connectivity index (χ2n) is 6.44. The minimum absolute atomic E-state index is 0.125. The van der Waals surface area contributed by atoms with Crippen molar-refractivity contribution in [3.63, 3.8) is 0 Å². The Labute approximate surface area is 166 Å². The molecule has 0 aliphatic rings. The molecule has 2 rings (SSSR count). The smallest absolute Gasteiger partial charge is 0.234 e. The highest BCUT2D eigenvalue weighted by atomic mass is 16.5. The van der Waals surface area contributed by atoms with Crippen molar-refractivity contribution in [2.24, 2.45) is 0 Å². The largest absolute Gasteiger partial charge is 0.493 e. The van der Waals surface area contributed by atoms with Crippen molar-refractivity contribution in [3.8, 4) is 23.3 Å². The molecule has 2 aromatic carbocycles. The highest BCUT2D eigenvalue weighted by molar-refractivity contribution is 5.77. The summed E-state index contributed by atoms with van der Waals surface area (Å²) in [6.07, 6.45) is 0.518. The molecule has 0 unspecified atom stereocenters. The van der Waals surface area contributed by atoms with Gasteiger partial charge in [0.25, 0.3) is 0 Å². The molecule has 0 spiro atoms. The van der Waals surface area contributed by atoms with Crippen molar-refractivity contribution in [2.45, 2.75) is 26.7 Å². The molecule has 0 atom stereocenters. The number of nitrogens with zero attached hydrogens (tertiary/aromatic N) is 1. The molecule has 6 nitrogen and oxygen atoms in total. The Kier molecular flexibility index (Phi) is 8.16. The van der Waals surface area contributed by atoms with Gasteiger partial charge in [0.15, 0.2) is 11.5 Å². The third kappa shape index (κ3) is 6.84. The van der Waals surface area contributed by atoms with Gasteiger partial charge in [-0.25, -0.2) is 0 Å². The van der Waals surface area contributed by atoms with Crippen LogP contribution in [0.1, 0.15) is 23.1 Å². The lowest BCUT2D eigenvalue weighted by Crippen LogP contribution is -2.24. The number of nitrogens with one attached hydrogen (secondary N) is 1. The molecule has 0 aliphatic carbocycles. The number of hydrogen-bond donors (Lipinski definition) is 1. The zero-order chi connectivity index (χ0) is 20.4. The molecule has 0 heterocycles. The number of aryl methyl sites for hydroxylation is 2. The Balaban J connectivity index is 1.83. The molecule has 0 radical (unpaired) electrons. The van der Waals surface area contributed by atoms with Crippen LogP contribution in [-0.2, 0) is 11.2 Å². The molecule has 28 heavy (non-hydrogen) atoms. The van der Waals surface area contributed by atoms with Gasteiger partial charge in [-0.15, -0.1) is 0 Å². The van der Waals surface area contributed by atoms with Crippen molar-refractivity contribution < 1.29 is 19.0 Å². The van der Waals surface area contributed by atoms with E-state index in [0.717, 1.165) is 22.4 Å². The van der Waals surface area contributed by atoms with E-state index < -0.39 is 0 Å². The monoisotopic (exact) mass is 382 g/mol. The molecule has 0 saturated heterocycles. The van der Waals surface area contributed by atoms with Gasteiger partial charge in [-0.2, -0.15) is 5.26 Å². The average Bonchev–Trinajstić information content (AvgIpc) is 2.65. The van der Waals surface area contributed by atoms with Crippen LogP contribution < -0.4 is 19.5 Å². The summed E-state index contributed by atoms with van der Waals surface area (Å²) < 4.78 is 16.9. The summed E-state index contributed by atoms with van der Waals surface area (Å²) in [4.78, 5) is 11.3. The van der Waals surface area contributed by atoms with E-state index in [-0.39, 0.29) is 12.3 Å². The van der Waals surface area contributed by atoms with E-state index in [1.54, 1.807) is 7.11 Å². The third-order valence-corrected chi connectivity index (χ3v) is 4.01. The van der Waals surface area contributed by atoms with E-state index in [0.29, 0.717) is 37.7 Å². The van der Waals surface area contributed by atoms with Gasteiger partial charge in [-0.05, 0) is 61.2 Å². The maximum Gasteiger partial charge on any atom is 0.234 e. The van der Waals surface area contributed by atoms with Gasteiger partial charge < -0.3 is 19.5 Å². The van der Waals surface area contributed by atoms with E-state index in [1.807, 2.05) is 50.2 Å². The first-order valence-corrected chi connectivity index (χ1v) is 9.16. The van der Waals surface area contributed by atoms with Crippen molar-refractivity contribution >= 4 is 5.91 Å². The Morgan fingerprint density at radius 2 is 1.75 bits per heavy atom. The lowest BCUT2D eigenvalue weighted by molar-refractivity contribution is -0.120. The second-order valence-corrected chi connectivity index (χ2v) is 6.44. The van der Waals surface area contributed by atoms with E-state index in [2.05, 4.69) is 11.4 Å². The number of hydrogen-bond acceptors (Lipinski definition) is 5. The number of rotatable bonds is 10. The minimum Gasteiger partial charge on any atom is -0.493 e. The number of nitriles is 1. The Morgan fingerprint density at radius 3 is 2.43 bits per heavy atom. The summed E-state index contributed by atoms with van der Waals surface area (Å²) in [7, 11) is 1.59. The Bertz CT molecular complexity index is 823. The first-order valence-electron chi connectivity index (χ1n) is 9.16. The number of carbonyl (C=O) groups excluding carboxylic acids is 1. The first-order chi connectivity index (χ1) is 13.5. The highest BCUT2D eigenvalue weighted by Crippen LogP contribution is 2.28. The van der Waals surface area contributed by atoms with Crippen molar-refractivity contribution in [2.75, 3.05) is 26.9 Å². The Hall–Kier alpha value is -3.20. The number of benzene rings is 2. The minimum atomic E-state index is -0.266. The topological polar surface area (TPSA) is 80.6 Å². The van der Waals surface area contributed by atoms with E-state index in [1.165, 1.54) is 0 Å². The van der Waals surface area contributed by atoms with Crippen LogP contribution in [0.15, 0.2) is 36.4 Å². The fourth-order valence-corrected chi connectivity index (χ4v) is 2.79. The predicted molar refractivity (Wildman–Crippen MR) is 107 cm³/mol. The number of ether oxygens (including phenoxy) is 3. The summed E-state index contributed by atoms with van der Waals surface area (Å²) in [5.74, 6) is 1.84. The molecule has 0 aliphatic heterocycles. The summed E-state index contributed by atoms with van der Waals surface area (Å²) in [5, 5.41) is 11.2. The molecule has 0 saturated carbocycles. The van der Waals surface area contributed by atoms with Crippen molar-refractivity contribution in [1.29, 1.82) is 5.26 Å². The molecule has 0 fully saturated rings. The van der Waals surface area contributed by atoms with Crippen LogP contribution in [0, 0.1) is 25.2 Å². The van der Waals surface area contributed by atoms with Gasteiger partial charge in [0, 0.05) is 6.54 Å². The normalized spacial score (nSPS) is 10.1. The third-order valence-electron chi connectivity index (χ3n) is 4.01. The van der Waals surface area contributed by atoms with E-state index in [9.17, 15) is 4.79 Å². The molecule has 6 heteroatoms. The summed E-state index contributed by atoms with van der Waals surface area (Å²) in [5.41, 5.74) is 3.34. The lowest BCUT2D eigenvalue weighted by atomic mass is 10.1. The maximum absolute atomic E-state index is 11.3. The van der Waals surface area contributed by atoms with E-state index in [4.69, 9.17) is 19.5 Å². The number of methoxy groups -OCH3 is 1. The summed E-state index contributed by atoms with van der Waals surface area (Å²) in [6, 6.07) is 13.6. The molecule has 1 amide bonds. The molecule has 2 aromatic rings. The zero-order valence-corrected chi connectivity index (χ0v) is 16.6. The molecular formula is C22H26N2O4. The summed E-state index contributed by atoms with van der Waals surface area (Å²) in [6.45, 7) is 5.37. The van der Waals surface area contributed by atoms with Gasteiger partial charge in [0.1, 0.15) is 25.4 Å². The number of amides is 1. The van der Waals surface area contributed by atoms with Crippen LogP contribution >= 0.6 is 0 Å². The van der Waals surface area contributed by atoms with Gasteiger partial charge >= 0.3 is 0 Å². The SMILES string of the molecule is COc1cc(CCNC(=O)CC#N)ccc1OCCOc1cc(C)cc(C)c1. The van der Waals surface area contributed by atoms with Crippen LogP contribution in [0.5, 0.6) is 17.2 Å². The van der Waals surface area contributed by atoms with Gasteiger partial charge in [-0.1, -0.05) is 12.1 Å². The van der Waals surface area contributed by atoms with Crippen LogP contribution in [-0.4, -0.2) is 32.8 Å². The maximum atomic E-state index is 11.3. The van der Waals surface area contributed by atoms with Gasteiger partial charge in [0.05, 0.1) is 13.2 Å². The highest BCUT2D eigenvalue weighted by Gasteiger charge is 2.07. The van der Waals surface area contributed by atoms with Gasteiger partial charge in [0.2, 0.25) is 5.91 Å². The first kappa shape index (κ1) is 21.1. The summed E-state index contributed by atoms with van der Waals surface area (Å²) >= 11 is 0. The molecule has 1 N–H and O–H groups in total. The molecule has 0 bridgehead atoms. The van der Waals surface area contributed by atoms with Crippen LogP contribution in [0.3, 0.4) is 0 Å². The van der Waals surface area contributed by atoms with Gasteiger partial charge in [-0.3, -0.25) is 4.79 Å². The molecular weight excluding hydrogens is 356 g/mol. The fourth-order valence-electron chi connectivity index (χ4n) is 2.79. The zero-order valence-electron chi connectivity index (χ0n) is 16.6. The predicted octanol–water partition coefficient (Wildman–Crippen LogP) is 3.34. The van der Waals surface area contributed by atoms with Crippen molar-refractivity contribution in [1.82, 2.24) is 5.32 Å². The quantitative estimate of drug-likeness (QED) is 0.638. The number of carbonyl (C=O) groups is 1. The lowest BCUT2D eigenvalue weighted by Gasteiger charge is -2.13. The van der Waals surface area contributed by atoms with Crippen LogP contribution in [0.4, 0.5) is 0 Å². The van der Waals surface area contributed by atoms with Crippen molar-refractivity contribution in [3.05, 3.63) is 53.1 Å².